The van der Waals surface area contributed by atoms with Gasteiger partial charge in [-0.2, -0.15) is 5.10 Å². The number of hydrazone groups is 1. The lowest BCUT2D eigenvalue weighted by atomic mass is 9.96. The second kappa shape index (κ2) is 11.7. The molecular weight excluding hydrogens is 434 g/mol. The standard InChI is InChI=1S/C23H26ClN3O3S/c1-2-29-21-14-16(15-25-27-23(31)26-19-6-4-3-5-7-19)8-13-20(21)30-22(28)17-9-11-18(24)12-10-17/h8-15,19H,2-7H2,1H3,(H2,26,27,31). The molecule has 164 valence electrons. The van der Waals surface area contributed by atoms with Gasteiger partial charge in [0.2, 0.25) is 0 Å². The maximum absolute atomic E-state index is 12.4. The summed E-state index contributed by atoms with van der Waals surface area (Å²) in [6, 6.07) is 12.2. The van der Waals surface area contributed by atoms with Gasteiger partial charge in [-0.1, -0.05) is 30.9 Å². The van der Waals surface area contributed by atoms with Crippen LogP contribution in [0.1, 0.15) is 54.9 Å². The smallest absolute Gasteiger partial charge is 0.343 e. The Kier molecular flexibility index (Phi) is 8.67. The molecule has 0 radical (unpaired) electrons. The first-order valence-corrected chi connectivity index (χ1v) is 11.2. The van der Waals surface area contributed by atoms with Crippen molar-refractivity contribution in [1.82, 2.24) is 10.7 Å². The molecule has 0 saturated heterocycles. The summed E-state index contributed by atoms with van der Waals surface area (Å²) >= 11 is 11.2. The van der Waals surface area contributed by atoms with Crippen LogP contribution >= 0.6 is 23.8 Å². The number of carbonyl (C=O) groups is 1. The highest BCUT2D eigenvalue weighted by Gasteiger charge is 2.14. The van der Waals surface area contributed by atoms with Crippen molar-refractivity contribution in [3.8, 4) is 11.5 Å². The molecule has 0 amide bonds. The molecule has 31 heavy (non-hydrogen) atoms. The number of ether oxygens (including phenoxy) is 2. The molecular formula is C23H26ClN3O3S. The molecule has 6 nitrogen and oxygen atoms in total. The maximum atomic E-state index is 12.4. The third-order valence-electron chi connectivity index (χ3n) is 4.87. The molecule has 1 aliphatic carbocycles. The van der Waals surface area contributed by atoms with E-state index in [1.807, 2.05) is 6.92 Å². The SMILES string of the molecule is CCOc1cc(C=NNC(=S)NC2CCCCC2)ccc1OC(=O)c1ccc(Cl)cc1. The number of benzene rings is 2. The number of hydrogen-bond donors (Lipinski definition) is 2. The Morgan fingerprint density at radius 1 is 1.16 bits per heavy atom. The average Bonchev–Trinajstić information content (AvgIpc) is 2.77. The molecule has 2 N–H and O–H groups in total. The third-order valence-corrected chi connectivity index (χ3v) is 5.33. The summed E-state index contributed by atoms with van der Waals surface area (Å²) in [5, 5.41) is 8.57. The van der Waals surface area contributed by atoms with E-state index in [0.29, 0.717) is 39.8 Å². The van der Waals surface area contributed by atoms with Crippen LogP contribution in [-0.4, -0.2) is 29.9 Å². The number of thiocarbonyl (C=S) groups is 1. The van der Waals surface area contributed by atoms with Crippen molar-refractivity contribution in [3.63, 3.8) is 0 Å². The van der Waals surface area contributed by atoms with Gasteiger partial charge < -0.3 is 14.8 Å². The summed E-state index contributed by atoms with van der Waals surface area (Å²) in [5.41, 5.74) is 4.04. The van der Waals surface area contributed by atoms with Crippen LogP contribution in [0.15, 0.2) is 47.6 Å². The fourth-order valence-electron chi connectivity index (χ4n) is 3.33. The number of nitrogens with one attached hydrogen (secondary N) is 2. The number of hydrogen-bond acceptors (Lipinski definition) is 5. The monoisotopic (exact) mass is 459 g/mol. The Morgan fingerprint density at radius 2 is 1.90 bits per heavy atom. The van der Waals surface area contributed by atoms with E-state index in [2.05, 4.69) is 15.8 Å². The fraction of sp³-hybridized carbons (Fsp3) is 0.348. The van der Waals surface area contributed by atoms with E-state index in [1.54, 1.807) is 48.7 Å². The van der Waals surface area contributed by atoms with Gasteiger partial charge in [-0.25, -0.2) is 4.79 Å². The molecule has 0 bridgehead atoms. The third kappa shape index (κ3) is 7.22. The second-order valence-corrected chi connectivity index (χ2v) is 8.06. The Morgan fingerprint density at radius 3 is 2.61 bits per heavy atom. The number of esters is 1. The Labute approximate surface area is 193 Å². The van der Waals surface area contributed by atoms with Gasteiger partial charge in [-0.3, -0.25) is 5.43 Å². The molecule has 0 heterocycles. The van der Waals surface area contributed by atoms with Gasteiger partial charge in [-0.05, 0) is 80.0 Å². The first kappa shape index (κ1) is 23.0. The molecule has 2 aromatic carbocycles. The van der Waals surface area contributed by atoms with Crippen molar-refractivity contribution in [2.45, 2.75) is 45.1 Å². The number of carbonyl (C=O) groups excluding carboxylic acids is 1. The lowest BCUT2D eigenvalue weighted by Gasteiger charge is -2.23. The Hall–Kier alpha value is -2.64. The van der Waals surface area contributed by atoms with E-state index in [1.165, 1.54) is 19.3 Å². The lowest BCUT2D eigenvalue weighted by molar-refractivity contribution is 0.0728. The number of halogens is 1. The first-order chi connectivity index (χ1) is 15.0. The highest BCUT2D eigenvalue weighted by molar-refractivity contribution is 7.80. The van der Waals surface area contributed by atoms with Crippen LogP contribution in [0.2, 0.25) is 5.02 Å². The van der Waals surface area contributed by atoms with Crippen LogP contribution in [-0.2, 0) is 0 Å². The summed E-state index contributed by atoms with van der Waals surface area (Å²) in [5.74, 6) is 0.304. The Bertz CT molecular complexity index is 928. The van der Waals surface area contributed by atoms with Gasteiger partial charge >= 0.3 is 5.97 Å². The van der Waals surface area contributed by atoms with Crippen molar-refractivity contribution in [1.29, 1.82) is 0 Å². The lowest BCUT2D eigenvalue weighted by Crippen LogP contribution is -2.40. The molecule has 3 rings (SSSR count). The zero-order valence-electron chi connectivity index (χ0n) is 17.4. The highest BCUT2D eigenvalue weighted by Crippen LogP contribution is 2.29. The highest BCUT2D eigenvalue weighted by atomic mass is 35.5. The maximum Gasteiger partial charge on any atom is 0.343 e. The minimum Gasteiger partial charge on any atom is -0.490 e. The van der Waals surface area contributed by atoms with Gasteiger partial charge in [0.1, 0.15) is 0 Å². The van der Waals surface area contributed by atoms with Crippen LogP contribution in [0.5, 0.6) is 11.5 Å². The second-order valence-electron chi connectivity index (χ2n) is 7.21. The molecule has 0 aromatic heterocycles. The van der Waals surface area contributed by atoms with Crippen molar-refractivity contribution in [3.05, 3.63) is 58.6 Å². The molecule has 1 saturated carbocycles. The van der Waals surface area contributed by atoms with E-state index in [-0.39, 0.29) is 0 Å². The summed E-state index contributed by atoms with van der Waals surface area (Å²) < 4.78 is 11.2. The molecule has 0 unspecified atom stereocenters. The van der Waals surface area contributed by atoms with Gasteiger partial charge in [0.15, 0.2) is 16.6 Å². The van der Waals surface area contributed by atoms with Crippen LogP contribution < -0.4 is 20.2 Å². The molecule has 8 heteroatoms. The molecule has 2 aromatic rings. The van der Waals surface area contributed by atoms with E-state index >= 15 is 0 Å². The summed E-state index contributed by atoms with van der Waals surface area (Å²) in [7, 11) is 0. The van der Waals surface area contributed by atoms with Crippen molar-refractivity contribution >= 4 is 41.1 Å². The van der Waals surface area contributed by atoms with Crippen LogP contribution in [0.25, 0.3) is 0 Å². The molecule has 1 fully saturated rings. The fourth-order valence-corrected chi connectivity index (χ4v) is 3.68. The zero-order valence-corrected chi connectivity index (χ0v) is 19.0. The zero-order chi connectivity index (χ0) is 22.1. The van der Waals surface area contributed by atoms with Crippen molar-refractivity contribution in [2.75, 3.05) is 6.61 Å². The summed E-state index contributed by atoms with van der Waals surface area (Å²) in [6.45, 7) is 2.29. The normalized spacial score (nSPS) is 14.3. The van der Waals surface area contributed by atoms with Crippen molar-refractivity contribution in [2.24, 2.45) is 5.10 Å². The Balaban J connectivity index is 1.61. The largest absolute Gasteiger partial charge is 0.490 e. The van der Waals surface area contributed by atoms with Gasteiger partial charge in [0, 0.05) is 11.1 Å². The van der Waals surface area contributed by atoms with E-state index < -0.39 is 5.97 Å². The van der Waals surface area contributed by atoms with E-state index in [0.717, 1.165) is 18.4 Å². The summed E-state index contributed by atoms with van der Waals surface area (Å²) in [6.07, 6.45) is 7.68. The van der Waals surface area contributed by atoms with Crippen LogP contribution in [0.3, 0.4) is 0 Å². The predicted octanol–water partition coefficient (Wildman–Crippen LogP) is 5.09. The van der Waals surface area contributed by atoms with E-state index in [9.17, 15) is 4.79 Å². The molecule has 1 aliphatic rings. The quantitative estimate of drug-likeness (QED) is 0.197. The molecule has 0 atom stereocenters. The predicted molar refractivity (Wildman–Crippen MR) is 127 cm³/mol. The molecule has 0 aliphatic heterocycles. The van der Waals surface area contributed by atoms with Gasteiger partial charge in [-0.15, -0.1) is 0 Å². The molecule has 0 spiro atoms. The van der Waals surface area contributed by atoms with Gasteiger partial charge in [0.05, 0.1) is 18.4 Å². The minimum atomic E-state index is -0.486. The van der Waals surface area contributed by atoms with Crippen molar-refractivity contribution < 1.29 is 14.3 Å². The van der Waals surface area contributed by atoms with E-state index in [4.69, 9.17) is 33.3 Å². The summed E-state index contributed by atoms with van der Waals surface area (Å²) in [4.78, 5) is 12.4. The minimum absolute atomic E-state index is 0.335. The van der Waals surface area contributed by atoms with Crippen LogP contribution in [0.4, 0.5) is 0 Å². The number of nitrogens with zero attached hydrogens (tertiary/aromatic N) is 1. The number of rotatable bonds is 7. The average molecular weight is 460 g/mol. The topological polar surface area (TPSA) is 71.9 Å². The van der Waals surface area contributed by atoms with Crippen LogP contribution in [0, 0.1) is 0 Å². The first-order valence-electron chi connectivity index (χ1n) is 10.4. The van der Waals surface area contributed by atoms with Gasteiger partial charge in [0.25, 0.3) is 0 Å².